The maximum atomic E-state index is 11.9. The predicted octanol–water partition coefficient (Wildman–Crippen LogP) is 3.65. The lowest BCUT2D eigenvalue weighted by atomic mass is 10.1. The first-order chi connectivity index (χ1) is 12.2. The van der Waals surface area contributed by atoms with Gasteiger partial charge in [0.15, 0.2) is 0 Å². The fourth-order valence-corrected chi connectivity index (χ4v) is 5.76. The van der Waals surface area contributed by atoms with Crippen molar-refractivity contribution < 1.29 is 14.6 Å². The molecule has 0 spiro atoms. The molecule has 140 valence electrons. The molecule has 5 nitrogen and oxygen atoms in total. The van der Waals surface area contributed by atoms with Gasteiger partial charge in [-0.15, -0.1) is 0 Å². The third-order valence-electron chi connectivity index (χ3n) is 4.17. The number of ether oxygens (including phenoxy) is 1. The Balaban J connectivity index is 1.64. The van der Waals surface area contributed by atoms with Crippen molar-refractivity contribution in [2.45, 2.75) is 43.4 Å². The highest BCUT2D eigenvalue weighted by molar-refractivity contribution is 8.77. The second-order valence-electron chi connectivity index (χ2n) is 6.12. The number of anilines is 1. The summed E-state index contributed by atoms with van der Waals surface area (Å²) < 4.78 is 4.85. The van der Waals surface area contributed by atoms with Crippen LogP contribution in [-0.2, 0) is 9.53 Å². The lowest BCUT2D eigenvalue weighted by Gasteiger charge is -2.19. The van der Waals surface area contributed by atoms with Gasteiger partial charge in [-0.3, -0.25) is 0 Å². The smallest absolute Gasteiger partial charge is 0.329 e. The van der Waals surface area contributed by atoms with Crippen LogP contribution in [0, 0.1) is 0 Å². The van der Waals surface area contributed by atoms with E-state index in [4.69, 9.17) is 4.74 Å². The number of aromatic hydroxyl groups is 1. The molecule has 2 rings (SSSR count). The first kappa shape index (κ1) is 20.3. The molecule has 1 saturated heterocycles. The summed E-state index contributed by atoms with van der Waals surface area (Å²) in [5, 5.41) is 17.0. The number of carbonyl (C=O) groups excluding carboxylic acids is 1. The van der Waals surface area contributed by atoms with E-state index < -0.39 is 6.04 Å². The molecule has 0 amide bonds. The quantitative estimate of drug-likeness (QED) is 0.233. The number of carbonyl (C=O) groups is 1. The Labute approximate surface area is 158 Å². The number of hydrogen-bond donors (Lipinski definition) is 3. The second kappa shape index (κ2) is 11.5. The van der Waals surface area contributed by atoms with Gasteiger partial charge in [0.1, 0.15) is 11.8 Å². The van der Waals surface area contributed by atoms with Gasteiger partial charge in [0.05, 0.1) is 12.8 Å². The number of phenolic OH excluding ortho intramolecular Hbond substituents is 1. The first-order valence-corrected chi connectivity index (χ1v) is 11.2. The van der Waals surface area contributed by atoms with Crippen molar-refractivity contribution in [1.29, 1.82) is 0 Å². The van der Waals surface area contributed by atoms with Crippen LogP contribution in [0.25, 0.3) is 0 Å². The number of hydrogen-bond acceptors (Lipinski definition) is 7. The number of phenols is 1. The molecule has 0 aliphatic carbocycles. The maximum absolute atomic E-state index is 11.9. The summed E-state index contributed by atoms with van der Waals surface area (Å²) in [4.78, 5) is 11.9. The fraction of sp³-hybridized carbons (Fsp3) is 0.611. The van der Waals surface area contributed by atoms with Crippen molar-refractivity contribution in [1.82, 2.24) is 5.32 Å². The zero-order chi connectivity index (χ0) is 17.9. The van der Waals surface area contributed by atoms with Gasteiger partial charge in [-0.1, -0.05) is 46.6 Å². The summed E-state index contributed by atoms with van der Waals surface area (Å²) in [5.74, 6) is 1.08. The zero-order valence-electron chi connectivity index (χ0n) is 14.7. The number of esters is 1. The van der Waals surface area contributed by atoms with E-state index in [9.17, 15) is 9.90 Å². The SMILES string of the molecule is COC(=O)C(CNCCCCCC1CCSS1)Nc1ccccc1O. The number of nitrogens with one attached hydrogen (secondary N) is 2. The van der Waals surface area contributed by atoms with E-state index >= 15 is 0 Å². The minimum Gasteiger partial charge on any atom is -0.506 e. The van der Waals surface area contributed by atoms with Gasteiger partial charge in [-0.25, -0.2) is 4.79 Å². The van der Waals surface area contributed by atoms with Crippen LogP contribution in [0.4, 0.5) is 5.69 Å². The molecule has 1 fully saturated rings. The minimum absolute atomic E-state index is 0.124. The summed E-state index contributed by atoms with van der Waals surface area (Å²) >= 11 is 0. The lowest BCUT2D eigenvalue weighted by Crippen LogP contribution is -2.40. The van der Waals surface area contributed by atoms with Crippen molar-refractivity contribution in [3.8, 4) is 5.75 Å². The van der Waals surface area contributed by atoms with Gasteiger partial charge in [0.2, 0.25) is 0 Å². The lowest BCUT2D eigenvalue weighted by molar-refractivity contribution is -0.141. The van der Waals surface area contributed by atoms with Gasteiger partial charge < -0.3 is 20.5 Å². The Morgan fingerprint density at radius 2 is 2.20 bits per heavy atom. The van der Waals surface area contributed by atoms with Crippen molar-refractivity contribution in [2.75, 3.05) is 31.3 Å². The number of unbranched alkanes of at least 4 members (excludes halogenated alkanes) is 2. The molecule has 2 atom stereocenters. The summed E-state index contributed by atoms with van der Waals surface area (Å²) in [6.45, 7) is 1.35. The van der Waals surface area contributed by atoms with Crippen LogP contribution in [-0.4, -0.2) is 48.3 Å². The largest absolute Gasteiger partial charge is 0.506 e. The average molecular weight is 385 g/mol. The molecule has 1 aromatic carbocycles. The molecule has 3 N–H and O–H groups in total. The van der Waals surface area contributed by atoms with Gasteiger partial charge in [0, 0.05) is 17.5 Å². The zero-order valence-corrected chi connectivity index (χ0v) is 16.3. The Kier molecular flexibility index (Phi) is 9.36. The normalized spacial score (nSPS) is 18.0. The van der Waals surface area contributed by atoms with Crippen LogP contribution in [0.3, 0.4) is 0 Å². The van der Waals surface area contributed by atoms with Crippen molar-refractivity contribution in [2.24, 2.45) is 0 Å². The number of benzene rings is 1. The van der Waals surface area contributed by atoms with Crippen LogP contribution >= 0.6 is 21.6 Å². The highest BCUT2D eigenvalue weighted by atomic mass is 33.1. The number of para-hydroxylation sites is 2. The van der Waals surface area contributed by atoms with Crippen LogP contribution in [0.2, 0.25) is 0 Å². The van der Waals surface area contributed by atoms with Crippen LogP contribution in [0.5, 0.6) is 5.75 Å². The van der Waals surface area contributed by atoms with Gasteiger partial charge in [0.25, 0.3) is 0 Å². The Morgan fingerprint density at radius 3 is 2.92 bits per heavy atom. The Bertz CT molecular complexity index is 525. The predicted molar refractivity (Wildman–Crippen MR) is 107 cm³/mol. The molecule has 1 aliphatic rings. The van der Waals surface area contributed by atoms with E-state index in [2.05, 4.69) is 10.6 Å². The summed E-state index contributed by atoms with van der Waals surface area (Å²) in [7, 11) is 5.42. The molecule has 0 bridgehead atoms. The molecule has 1 aliphatic heterocycles. The van der Waals surface area contributed by atoms with E-state index in [0.717, 1.165) is 18.2 Å². The average Bonchev–Trinajstić information content (AvgIpc) is 3.14. The number of rotatable bonds is 11. The van der Waals surface area contributed by atoms with Gasteiger partial charge >= 0.3 is 5.97 Å². The molecule has 7 heteroatoms. The standard InChI is InChI=1S/C18H28N2O3S2/c1-23-18(22)16(20-15-8-4-5-9-17(15)21)13-19-11-6-2-3-7-14-10-12-24-25-14/h4-5,8-9,14,16,19-21H,2-3,6-7,10-13H2,1H3. The third kappa shape index (κ3) is 7.38. The topological polar surface area (TPSA) is 70.6 Å². The van der Waals surface area contributed by atoms with Crippen molar-refractivity contribution in [3.05, 3.63) is 24.3 Å². The van der Waals surface area contributed by atoms with Crippen LogP contribution in [0.15, 0.2) is 24.3 Å². The highest BCUT2D eigenvalue weighted by Crippen LogP contribution is 2.39. The molecule has 25 heavy (non-hydrogen) atoms. The van der Waals surface area contributed by atoms with E-state index in [1.165, 1.54) is 38.5 Å². The summed E-state index contributed by atoms with van der Waals surface area (Å²) in [5.41, 5.74) is 0.534. The molecule has 0 aromatic heterocycles. The summed E-state index contributed by atoms with van der Waals surface area (Å²) in [6, 6.07) is 6.36. The van der Waals surface area contributed by atoms with Crippen LogP contribution in [0.1, 0.15) is 32.1 Å². The molecule has 1 aromatic rings. The monoisotopic (exact) mass is 384 g/mol. The highest BCUT2D eigenvalue weighted by Gasteiger charge is 2.19. The van der Waals surface area contributed by atoms with Gasteiger partial charge in [-0.2, -0.15) is 0 Å². The molecular weight excluding hydrogens is 356 g/mol. The second-order valence-corrected chi connectivity index (χ2v) is 8.91. The van der Waals surface area contributed by atoms with E-state index in [1.54, 1.807) is 18.2 Å². The Morgan fingerprint density at radius 1 is 1.36 bits per heavy atom. The molecule has 2 unspecified atom stereocenters. The van der Waals surface area contributed by atoms with Crippen molar-refractivity contribution >= 4 is 33.2 Å². The molecule has 0 radical (unpaired) electrons. The fourth-order valence-electron chi connectivity index (χ4n) is 2.73. The first-order valence-electron chi connectivity index (χ1n) is 8.82. The van der Waals surface area contributed by atoms with Crippen LogP contribution < -0.4 is 10.6 Å². The van der Waals surface area contributed by atoms with E-state index in [0.29, 0.717) is 12.2 Å². The van der Waals surface area contributed by atoms with Crippen molar-refractivity contribution in [3.63, 3.8) is 0 Å². The molecular formula is C18H28N2O3S2. The third-order valence-corrected chi connectivity index (χ3v) is 7.18. The molecule has 1 heterocycles. The number of methoxy groups -OCH3 is 1. The minimum atomic E-state index is -0.523. The van der Waals surface area contributed by atoms with E-state index in [-0.39, 0.29) is 11.7 Å². The van der Waals surface area contributed by atoms with E-state index in [1.807, 2.05) is 27.7 Å². The summed E-state index contributed by atoms with van der Waals surface area (Å²) in [6.07, 6.45) is 6.26. The van der Waals surface area contributed by atoms with Gasteiger partial charge in [-0.05, 0) is 37.9 Å². The Hall–Kier alpha value is -1.05. The maximum Gasteiger partial charge on any atom is 0.329 e. The molecule has 0 saturated carbocycles.